The maximum absolute atomic E-state index is 13.3. The second-order valence-corrected chi connectivity index (χ2v) is 7.94. The van der Waals surface area contributed by atoms with Crippen molar-refractivity contribution in [1.82, 2.24) is 10.6 Å². The van der Waals surface area contributed by atoms with Crippen molar-refractivity contribution < 1.29 is 33.2 Å². The van der Waals surface area contributed by atoms with Gasteiger partial charge >= 0.3 is 5.97 Å². The number of amides is 3. The number of non-ortho nitro benzene ring substituents is 1. The monoisotopic (exact) mass is 502 g/mol. The molecule has 0 heterocycles. The summed E-state index contributed by atoms with van der Waals surface area (Å²) in [4.78, 5) is 60.0. The molecule has 0 aliphatic rings. The highest BCUT2D eigenvalue weighted by Crippen LogP contribution is 2.27. The average Bonchev–Trinajstić information content (AvgIpc) is 2.82. The van der Waals surface area contributed by atoms with Gasteiger partial charge in [-0.2, -0.15) is 0 Å². The summed E-state index contributed by atoms with van der Waals surface area (Å²) in [7, 11) is 0. The number of rotatable bonds is 12. The Morgan fingerprint density at radius 3 is 2.17 bits per heavy atom. The van der Waals surface area contributed by atoms with E-state index in [1.165, 1.54) is 55.5 Å². The first kappa shape index (κ1) is 27.9. The van der Waals surface area contributed by atoms with Crippen molar-refractivity contribution in [3.05, 3.63) is 75.6 Å². The molecule has 12 heteroatoms. The maximum Gasteiger partial charge on any atom is 0.306 e. The Labute approximate surface area is 206 Å². The van der Waals surface area contributed by atoms with Crippen LogP contribution in [0.1, 0.15) is 37.3 Å². The smallest absolute Gasteiger partial charge is 0.306 e. The molecule has 0 radical (unpaired) electrons. The van der Waals surface area contributed by atoms with Crippen LogP contribution in [0, 0.1) is 15.9 Å². The van der Waals surface area contributed by atoms with Crippen LogP contribution < -0.4 is 16.4 Å². The molecule has 192 valence electrons. The van der Waals surface area contributed by atoms with E-state index in [0.29, 0.717) is 11.1 Å². The van der Waals surface area contributed by atoms with Crippen LogP contribution in [0.5, 0.6) is 0 Å². The third-order valence-corrected chi connectivity index (χ3v) is 5.28. The molecule has 0 fully saturated rings. The lowest BCUT2D eigenvalue weighted by atomic mass is 9.87. The predicted molar refractivity (Wildman–Crippen MR) is 126 cm³/mol. The number of primary amides is 1. The number of carbonyl (C=O) groups is 4. The number of nitro groups is 1. The van der Waals surface area contributed by atoms with Crippen LogP contribution in [0.15, 0.2) is 48.5 Å². The quantitative estimate of drug-likeness (QED) is 0.224. The maximum atomic E-state index is 13.3. The number of nitro benzene ring substituents is 1. The van der Waals surface area contributed by atoms with Gasteiger partial charge < -0.3 is 21.1 Å². The summed E-state index contributed by atoms with van der Waals surface area (Å²) in [5, 5.41) is 16.0. The highest BCUT2D eigenvalue weighted by atomic mass is 19.1. The molecule has 3 atom stereocenters. The van der Waals surface area contributed by atoms with Crippen LogP contribution in [0.25, 0.3) is 0 Å². The number of nitrogens with one attached hydrogen (secondary N) is 2. The molecule has 36 heavy (non-hydrogen) atoms. The van der Waals surface area contributed by atoms with Gasteiger partial charge in [-0.1, -0.05) is 24.3 Å². The van der Waals surface area contributed by atoms with Crippen molar-refractivity contribution in [3.63, 3.8) is 0 Å². The van der Waals surface area contributed by atoms with E-state index in [9.17, 15) is 33.7 Å². The number of carbonyl (C=O) groups excluding carboxylic acids is 4. The van der Waals surface area contributed by atoms with Gasteiger partial charge in [-0.25, -0.2) is 4.39 Å². The second-order valence-electron chi connectivity index (χ2n) is 7.94. The predicted octanol–water partition coefficient (Wildman–Crippen LogP) is 1.49. The fraction of sp³-hybridized carbons (Fsp3) is 0.333. The van der Waals surface area contributed by atoms with Gasteiger partial charge in [0.1, 0.15) is 17.9 Å². The van der Waals surface area contributed by atoms with Crippen LogP contribution in [-0.2, 0) is 30.3 Å². The second kappa shape index (κ2) is 12.9. The SMILES string of the molecule is CCOC(=O)C[C@@H](c1ccc([N+](=O)[O-])cc1)[C@H](NC(=O)[C@@H](Cc1ccc(F)cc1)NC(C)=O)C(N)=O. The van der Waals surface area contributed by atoms with E-state index >= 15 is 0 Å². The van der Waals surface area contributed by atoms with Gasteiger partial charge in [0.2, 0.25) is 17.7 Å². The van der Waals surface area contributed by atoms with Gasteiger partial charge in [-0.05, 0) is 30.2 Å². The van der Waals surface area contributed by atoms with Crippen molar-refractivity contribution in [1.29, 1.82) is 0 Å². The van der Waals surface area contributed by atoms with Crippen molar-refractivity contribution >= 4 is 29.4 Å². The summed E-state index contributed by atoms with van der Waals surface area (Å²) in [6.07, 6.45) is -0.375. The lowest BCUT2D eigenvalue weighted by Gasteiger charge is -2.27. The largest absolute Gasteiger partial charge is 0.466 e. The molecule has 0 unspecified atom stereocenters. The Hall–Kier alpha value is -4.35. The van der Waals surface area contributed by atoms with Crippen molar-refractivity contribution in [3.8, 4) is 0 Å². The van der Waals surface area contributed by atoms with Gasteiger partial charge in [0, 0.05) is 31.4 Å². The van der Waals surface area contributed by atoms with Crippen molar-refractivity contribution in [2.24, 2.45) is 5.73 Å². The minimum Gasteiger partial charge on any atom is -0.466 e. The molecule has 0 aromatic heterocycles. The third-order valence-electron chi connectivity index (χ3n) is 5.28. The van der Waals surface area contributed by atoms with E-state index in [4.69, 9.17) is 10.5 Å². The first-order chi connectivity index (χ1) is 17.0. The summed E-state index contributed by atoms with van der Waals surface area (Å²) >= 11 is 0. The number of hydrogen-bond donors (Lipinski definition) is 3. The molecule has 0 bridgehead atoms. The summed E-state index contributed by atoms with van der Waals surface area (Å²) in [5.74, 6) is -4.43. The van der Waals surface area contributed by atoms with Gasteiger partial charge in [0.25, 0.3) is 5.69 Å². The number of benzene rings is 2. The van der Waals surface area contributed by atoms with E-state index in [0.717, 1.165) is 0 Å². The minimum absolute atomic E-state index is 0.0166. The van der Waals surface area contributed by atoms with Crippen LogP contribution >= 0.6 is 0 Å². The average molecular weight is 502 g/mol. The molecule has 0 aliphatic carbocycles. The third kappa shape index (κ3) is 8.15. The summed E-state index contributed by atoms with van der Waals surface area (Å²) in [5.41, 5.74) is 6.24. The first-order valence-corrected chi connectivity index (χ1v) is 11.0. The van der Waals surface area contributed by atoms with Gasteiger partial charge in [-0.3, -0.25) is 29.3 Å². The van der Waals surface area contributed by atoms with Crippen LogP contribution in [-0.4, -0.2) is 47.3 Å². The Morgan fingerprint density at radius 2 is 1.67 bits per heavy atom. The number of nitrogens with zero attached hydrogens (tertiary/aromatic N) is 1. The fourth-order valence-corrected chi connectivity index (χ4v) is 3.61. The highest BCUT2D eigenvalue weighted by Gasteiger charge is 2.34. The zero-order valence-corrected chi connectivity index (χ0v) is 19.7. The first-order valence-electron chi connectivity index (χ1n) is 11.0. The lowest BCUT2D eigenvalue weighted by molar-refractivity contribution is -0.384. The molecule has 0 saturated heterocycles. The van der Waals surface area contributed by atoms with Gasteiger partial charge in [-0.15, -0.1) is 0 Å². The number of nitrogens with two attached hydrogens (primary N) is 1. The van der Waals surface area contributed by atoms with Crippen molar-refractivity contribution in [2.75, 3.05) is 6.61 Å². The molecule has 3 amide bonds. The Morgan fingerprint density at radius 1 is 1.06 bits per heavy atom. The van der Waals surface area contributed by atoms with E-state index in [1.807, 2.05) is 0 Å². The molecular weight excluding hydrogens is 475 g/mol. The number of ether oxygens (including phenoxy) is 1. The summed E-state index contributed by atoms with van der Waals surface area (Å²) in [6.45, 7) is 2.87. The van der Waals surface area contributed by atoms with Gasteiger partial charge in [0.15, 0.2) is 0 Å². The van der Waals surface area contributed by atoms with Crippen LogP contribution in [0.4, 0.5) is 10.1 Å². The Kier molecular flexibility index (Phi) is 10.0. The fourth-order valence-electron chi connectivity index (χ4n) is 3.61. The van der Waals surface area contributed by atoms with Gasteiger partial charge in [0.05, 0.1) is 18.0 Å². The Balaban J connectivity index is 2.37. The molecule has 4 N–H and O–H groups in total. The number of halogens is 1. The van der Waals surface area contributed by atoms with E-state index in [-0.39, 0.29) is 25.1 Å². The normalized spacial score (nSPS) is 13.1. The summed E-state index contributed by atoms with van der Waals surface area (Å²) in [6, 6.07) is 7.84. The zero-order valence-electron chi connectivity index (χ0n) is 19.7. The topological polar surface area (TPSA) is 171 Å². The molecule has 0 spiro atoms. The van der Waals surface area contributed by atoms with E-state index in [2.05, 4.69) is 10.6 Å². The van der Waals surface area contributed by atoms with Crippen molar-refractivity contribution in [2.45, 2.75) is 44.7 Å². The Bertz CT molecular complexity index is 1110. The standard InChI is InChI=1S/C24H27FN4O7/c1-3-36-21(31)13-19(16-6-10-18(11-7-16)29(34)35)22(23(26)32)28-24(33)20(27-14(2)30)12-15-4-8-17(25)9-5-15/h4-11,19-20,22H,3,12-13H2,1-2H3,(H2,26,32)(H,27,30)(H,28,33)/t19-,20+,22-/m0/s1. The van der Waals surface area contributed by atoms with Crippen LogP contribution in [0.2, 0.25) is 0 Å². The molecular formula is C24H27FN4O7. The molecule has 0 saturated carbocycles. The molecule has 2 aromatic carbocycles. The van der Waals surface area contributed by atoms with E-state index < -0.39 is 52.4 Å². The number of hydrogen-bond acceptors (Lipinski definition) is 7. The lowest BCUT2D eigenvalue weighted by Crippen LogP contribution is -2.55. The molecule has 2 aromatic rings. The van der Waals surface area contributed by atoms with Crippen LogP contribution in [0.3, 0.4) is 0 Å². The minimum atomic E-state index is -1.42. The summed E-state index contributed by atoms with van der Waals surface area (Å²) < 4.78 is 18.2. The molecule has 11 nitrogen and oxygen atoms in total. The molecule has 2 rings (SSSR count). The molecule has 0 aliphatic heterocycles. The zero-order chi connectivity index (χ0) is 26.8. The highest BCUT2D eigenvalue weighted by molar-refractivity contribution is 5.92. The van der Waals surface area contributed by atoms with E-state index in [1.54, 1.807) is 6.92 Å². The number of esters is 1.